The van der Waals surface area contributed by atoms with Gasteiger partial charge < -0.3 is 15.2 Å². The molecule has 2 rings (SSSR count). The molecule has 1 fully saturated rings. The van der Waals surface area contributed by atoms with Crippen LogP contribution in [-0.2, 0) is 14.3 Å². The van der Waals surface area contributed by atoms with E-state index in [2.05, 4.69) is 5.32 Å². The van der Waals surface area contributed by atoms with Crippen molar-refractivity contribution in [3.05, 3.63) is 24.3 Å². The van der Waals surface area contributed by atoms with Gasteiger partial charge in [0.2, 0.25) is 0 Å². The maximum atomic E-state index is 12.0. The zero-order valence-electron chi connectivity index (χ0n) is 10.5. The summed E-state index contributed by atoms with van der Waals surface area (Å²) < 4.78 is 5.21. The number of aliphatic carboxylic acids is 1. The molecule has 102 valence electrons. The number of thioether (sulfide) groups is 1. The molecule has 1 aliphatic heterocycles. The van der Waals surface area contributed by atoms with Crippen LogP contribution in [0.4, 0.5) is 5.69 Å². The van der Waals surface area contributed by atoms with Crippen LogP contribution in [0.2, 0.25) is 0 Å². The third kappa shape index (κ3) is 3.27. The highest BCUT2D eigenvalue weighted by Gasteiger charge is 2.34. The third-order valence-electron chi connectivity index (χ3n) is 2.95. The number of benzene rings is 1. The quantitative estimate of drug-likeness (QED) is 0.825. The molecule has 1 aliphatic rings. The van der Waals surface area contributed by atoms with Gasteiger partial charge in [-0.05, 0) is 31.2 Å². The van der Waals surface area contributed by atoms with Crippen molar-refractivity contribution in [2.45, 2.75) is 29.9 Å². The van der Waals surface area contributed by atoms with Gasteiger partial charge in [0.05, 0.1) is 5.69 Å². The fourth-order valence-corrected chi connectivity index (χ4v) is 2.53. The predicted molar refractivity (Wildman–Crippen MR) is 72.4 cm³/mol. The molecule has 5 nitrogen and oxygen atoms in total. The van der Waals surface area contributed by atoms with Gasteiger partial charge in [-0.25, -0.2) is 4.79 Å². The number of carbonyl (C=O) groups is 2. The maximum absolute atomic E-state index is 12.0. The van der Waals surface area contributed by atoms with Crippen molar-refractivity contribution >= 4 is 29.3 Å². The van der Waals surface area contributed by atoms with E-state index in [1.165, 1.54) is 11.8 Å². The second-order valence-corrected chi connectivity index (χ2v) is 5.07. The largest absolute Gasteiger partial charge is 0.479 e. The van der Waals surface area contributed by atoms with Gasteiger partial charge in [-0.15, -0.1) is 11.8 Å². The molecule has 19 heavy (non-hydrogen) atoms. The number of nitrogens with one attached hydrogen (secondary N) is 1. The number of hydrogen-bond acceptors (Lipinski definition) is 4. The van der Waals surface area contributed by atoms with Gasteiger partial charge in [0.25, 0.3) is 5.91 Å². The first-order valence-corrected chi connectivity index (χ1v) is 7.16. The first-order valence-electron chi connectivity index (χ1n) is 5.94. The Morgan fingerprint density at radius 1 is 1.32 bits per heavy atom. The highest BCUT2D eigenvalue weighted by Crippen LogP contribution is 2.26. The van der Waals surface area contributed by atoms with Gasteiger partial charge in [0.15, 0.2) is 6.10 Å². The van der Waals surface area contributed by atoms with Gasteiger partial charge in [0.1, 0.15) is 6.10 Å². The maximum Gasteiger partial charge on any atom is 0.332 e. The first kappa shape index (κ1) is 13.9. The predicted octanol–water partition coefficient (Wildman–Crippen LogP) is 1.98. The monoisotopic (exact) mass is 281 g/mol. The summed E-state index contributed by atoms with van der Waals surface area (Å²) in [4.78, 5) is 23.7. The van der Waals surface area contributed by atoms with Gasteiger partial charge in [-0.3, -0.25) is 4.79 Å². The molecule has 1 aromatic rings. The van der Waals surface area contributed by atoms with Crippen molar-refractivity contribution in [1.29, 1.82) is 0 Å². The molecular formula is C13H15NO4S. The second kappa shape index (κ2) is 6.08. The van der Waals surface area contributed by atoms with E-state index in [9.17, 15) is 9.59 Å². The number of hydrogen-bond donors (Lipinski definition) is 2. The molecule has 1 amide bonds. The molecule has 0 bridgehead atoms. The van der Waals surface area contributed by atoms with Crippen LogP contribution in [0.15, 0.2) is 29.2 Å². The standard InChI is InChI=1S/C13H15NO4S/c1-19-11-5-3-2-4-8(11)14-12(15)9-6-7-10(18-9)13(16)17/h2-5,9-10H,6-7H2,1H3,(H,14,15)(H,16,17). The number of amides is 1. The van der Waals surface area contributed by atoms with E-state index in [0.29, 0.717) is 12.8 Å². The number of anilines is 1. The Morgan fingerprint density at radius 3 is 2.63 bits per heavy atom. The fourth-order valence-electron chi connectivity index (χ4n) is 1.97. The summed E-state index contributed by atoms with van der Waals surface area (Å²) in [5.41, 5.74) is 0.724. The van der Waals surface area contributed by atoms with Crippen LogP contribution in [0.5, 0.6) is 0 Å². The molecule has 0 radical (unpaired) electrons. The lowest BCUT2D eigenvalue weighted by Gasteiger charge is -2.13. The van der Waals surface area contributed by atoms with Crippen molar-refractivity contribution in [1.82, 2.24) is 0 Å². The van der Waals surface area contributed by atoms with Crippen molar-refractivity contribution in [2.24, 2.45) is 0 Å². The molecule has 0 aromatic heterocycles. The third-order valence-corrected chi connectivity index (χ3v) is 3.75. The summed E-state index contributed by atoms with van der Waals surface area (Å²) >= 11 is 1.54. The van der Waals surface area contributed by atoms with Crippen LogP contribution in [0.1, 0.15) is 12.8 Å². The molecule has 6 heteroatoms. The van der Waals surface area contributed by atoms with E-state index in [4.69, 9.17) is 9.84 Å². The van der Waals surface area contributed by atoms with Crippen LogP contribution in [0.25, 0.3) is 0 Å². The Morgan fingerprint density at radius 2 is 2.00 bits per heavy atom. The van der Waals surface area contributed by atoms with E-state index in [1.807, 2.05) is 30.5 Å². The molecule has 2 atom stereocenters. The molecular weight excluding hydrogens is 266 g/mol. The van der Waals surface area contributed by atoms with E-state index in [-0.39, 0.29) is 5.91 Å². The fraction of sp³-hybridized carbons (Fsp3) is 0.385. The molecule has 2 N–H and O–H groups in total. The molecule has 1 heterocycles. The van der Waals surface area contributed by atoms with Crippen LogP contribution in [-0.4, -0.2) is 35.4 Å². The van der Waals surface area contributed by atoms with Gasteiger partial charge in [-0.1, -0.05) is 12.1 Å². The average Bonchev–Trinajstić information content (AvgIpc) is 2.89. The minimum Gasteiger partial charge on any atom is -0.479 e. The minimum absolute atomic E-state index is 0.287. The number of carbonyl (C=O) groups excluding carboxylic acids is 1. The Hall–Kier alpha value is -1.53. The minimum atomic E-state index is -1.01. The van der Waals surface area contributed by atoms with Crippen LogP contribution in [0.3, 0.4) is 0 Å². The second-order valence-electron chi connectivity index (χ2n) is 4.22. The Kier molecular flexibility index (Phi) is 4.44. The van der Waals surface area contributed by atoms with Crippen molar-refractivity contribution in [3.63, 3.8) is 0 Å². The highest BCUT2D eigenvalue weighted by atomic mass is 32.2. The summed E-state index contributed by atoms with van der Waals surface area (Å²) in [7, 11) is 0. The first-order chi connectivity index (χ1) is 9.11. The topological polar surface area (TPSA) is 75.6 Å². The zero-order chi connectivity index (χ0) is 13.8. The molecule has 0 saturated carbocycles. The summed E-state index contributed by atoms with van der Waals surface area (Å²) in [5.74, 6) is -1.30. The van der Waals surface area contributed by atoms with Crippen LogP contribution in [0, 0.1) is 0 Å². The number of carboxylic acids is 1. The summed E-state index contributed by atoms with van der Waals surface area (Å²) in [6.07, 6.45) is 1.18. The summed E-state index contributed by atoms with van der Waals surface area (Å²) in [6.45, 7) is 0. The molecule has 1 saturated heterocycles. The highest BCUT2D eigenvalue weighted by molar-refractivity contribution is 7.98. The number of rotatable bonds is 4. The molecule has 1 aromatic carbocycles. The van der Waals surface area contributed by atoms with E-state index >= 15 is 0 Å². The van der Waals surface area contributed by atoms with Crippen LogP contribution < -0.4 is 5.32 Å². The number of para-hydroxylation sites is 1. The summed E-state index contributed by atoms with van der Waals surface area (Å²) in [6, 6.07) is 7.46. The van der Waals surface area contributed by atoms with Gasteiger partial charge in [0, 0.05) is 4.90 Å². The lowest BCUT2D eigenvalue weighted by Crippen LogP contribution is -2.30. The lowest BCUT2D eigenvalue weighted by atomic mass is 10.2. The Bertz CT molecular complexity index is 491. The zero-order valence-corrected chi connectivity index (χ0v) is 11.3. The smallest absolute Gasteiger partial charge is 0.332 e. The molecule has 0 aliphatic carbocycles. The number of carboxylic acid groups (broad SMARTS) is 1. The summed E-state index contributed by atoms with van der Waals surface area (Å²) in [5, 5.41) is 11.6. The van der Waals surface area contributed by atoms with Crippen LogP contribution >= 0.6 is 11.8 Å². The normalized spacial score (nSPS) is 22.2. The molecule has 2 unspecified atom stereocenters. The SMILES string of the molecule is CSc1ccccc1NC(=O)C1CCC(C(=O)O)O1. The van der Waals surface area contributed by atoms with Crippen molar-refractivity contribution < 1.29 is 19.4 Å². The Balaban J connectivity index is 2.00. The lowest BCUT2D eigenvalue weighted by molar-refractivity contribution is -0.150. The van der Waals surface area contributed by atoms with E-state index in [0.717, 1.165) is 10.6 Å². The Labute approximate surface area is 115 Å². The van der Waals surface area contributed by atoms with Crippen molar-refractivity contribution in [2.75, 3.05) is 11.6 Å². The van der Waals surface area contributed by atoms with Gasteiger partial charge >= 0.3 is 5.97 Å². The molecule has 0 spiro atoms. The van der Waals surface area contributed by atoms with Crippen molar-refractivity contribution in [3.8, 4) is 0 Å². The van der Waals surface area contributed by atoms with E-state index in [1.54, 1.807) is 0 Å². The van der Waals surface area contributed by atoms with E-state index < -0.39 is 18.2 Å². The number of ether oxygens (including phenoxy) is 1. The van der Waals surface area contributed by atoms with Gasteiger partial charge in [-0.2, -0.15) is 0 Å². The average molecular weight is 281 g/mol.